The third-order valence-corrected chi connectivity index (χ3v) is 4.25. The van der Waals surface area contributed by atoms with E-state index in [9.17, 15) is 14.0 Å². The van der Waals surface area contributed by atoms with Crippen LogP contribution in [0, 0.1) is 5.82 Å². The van der Waals surface area contributed by atoms with Crippen LogP contribution in [0.25, 0.3) is 0 Å². The molecule has 0 aliphatic rings. The fraction of sp³-hybridized carbons (Fsp3) is 0.222. The van der Waals surface area contributed by atoms with E-state index < -0.39 is 12.0 Å². The number of hydrogen-bond acceptors (Lipinski definition) is 3. The number of benzene rings is 2. The summed E-state index contributed by atoms with van der Waals surface area (Å²) in [5.74, 6) is -1.21. The summed E-state index contributed by atoms with van der Waals surface area (Å²) in [5, 5.41) is 2.68. The van der Waals surface area contributed by atoms with Gasteiger partial charge in [-0.15, -0.1) is 0 Å². The van der Waals surface area contributed by atoms with Crippen molar-refractivity contribution in [2.45, 2.75) is 18.9 Å². The molecule has 126 valence electrons. The zero-order chi connectivity index (χ0) is 17.5. The molecule has 0 bridgehead atoms. The highest BCUT2D eigenvalue weighted by atomic mass is 79.9. The number of nitrogens with one attached hydrogen (secondary N) is 1. The Hall–Kier alpha value is -2.21. The Kier molecular flexibility index (Phi) is 6.49. The highest BCUT2D eigenvalue weighted by Crippen LogP contribution is 2.18. The van der Waals surface area contributed by atoms with Crippen molar-refractivity contribution in [1.82, 2.24) is 5.32 Å². The minimum Gasteiger partial charge on any atom is -0.467 e. The molecule has 0 aliphatic heterocycles. The maximum absolute atomic E-state index is 12.9. The summed E-state index contributed by atoms with van der Waals surface area (Å²) in [7, 11) is 1.28. The van der Waals surface area contributed by atoms with E-state index in [-0.39, 0.29) is 18.1 Å². The molecule has 1 N–H and O–H groups in total. The Morgan fingerprint density at radius 3 is 2.46 bits per heavy atom. The first-order valence-electron chi connectivity index (χ1n) is 7.34. The third kappa shape index (κ3) is 5.16. The summed E-state index contributed by atoms with van der Waals surface area (Å²) in [6.07, 6.45) is 0.368. The Bertz CT molecular complexity index is 718. The molecule has 1 amide bonds. The van der Waals surface area contributed by atoms with E-state index in [1.807, 2.05) is 24.3 Å². The van der Waals surface area contributed by atoms with Gasteiger partial charge in [0.05, 0.1) is 13.5 Å². The van der Waals surface area contributed by atoms with Gasteiger partial charge in [0, 0.05) is 10.9 Å². The number of esters is 1. The van der Waals surface area contributed by atoms with Crippen LogP contribution in [0.1, 0.15) is 11.1 Å². The lowest BCUT2D eigenvalue weighted by Crippen LogP contribution is -2.43. The number of ether oxygens (including phenoxy) is 1. The quantitative estimate of drug-likeness (QED) is 0.767. The second-order valence-corrected chi connectivity index (χ2v) is 6.10. The number of carbonyl (C=O) groups is 2. The standard InChI is InChI=1S/C18H17BrFNO3/c1-24-18(23)16(11-13-4-2-3-5-15(13)19)21-17(22)10-12-6-8-14(20)9-7-12/h2-9,16H,10-11H2,1H3,(H,21,22)/t16-/m0/s1. The average molecular weight is 394 g/mol. The van der Waals surface area contributed by atoms with Gasteiger partial charge in [-0.2, -0.15) is 0 Å². The van der Waals surface area contributed by atoms with Crippen LogP contribution in [0.5, 0.6) is 0 Å². The van der Waals surface area contributed by atoms with Crippen LogP contribution in [0.3, 0.4) is 0 Å². The number of halogens is 2. The van der Waals surface area contributed by atoms with Crippen LogP contribution in [0.15, 0.2) is 53.0 Å². The summed E-state index contributed by atoms with van der Waals surface area (Å²) in [5.41, 5.74) is 1.55. The molecular formula is C18H17BrFNO3. The summed E-state index contributed by atoms with van der Waals surface area (Å²) < 4.78 is 18.5. The first-order chi connectivity index (χ1) is 11.5. The predicted octanol–water partition coefficient (Wildman–Crippen LogP) is 3.03. The second kappa shape index (κ2) is 8.59. The molecule has 4 nitrogen and oxygen atoms in total. The molecule has 0 radical (unpaired) electrons. The number of amides is 1. The van der Waals surface area contributed by atoms with Gasteiger partial charge in [-0.1, -0.05) is 46.3 Å². The lowest BCUT2D eigenvalue weighted by Gasteiger charge is -2.17. The van der Waals surface area contributed by atoms with E-state index >= 15 is 0 Å². The number of carbonyl (C=O) groups excluding carboxylic acids is 2. The zero-order valence-corrected chi connectivity index (χ0v) is 14.7. The molecule has 0 saturated carbocycles. The molecule has 2 aromatic carbocycles. The van der Waals surface area contributed by atoms with Crippen molar-refractivity contribution in [3.63, 3.8) is 0 Å². The molecule has 0 unspecified atom stereocenters. The monoisotopic (exact) mass is 393 g/mol. The molecule has 2 rings (SSSR count). The Balaban J connectivity index is 2.05. The predicted molar refractivity (Wildman–Crippen MR) is 91.9 cm³/mol. The highest BCUT2D eigenvalue weighted by Gasteiger charge is 2.22. The highest BCUT2D eigenvalue weighted by molar-refractivity contribution is 9.10. The van der Waals surface area contributed by atoms with Gasteiger partial charge in [-0.25, -0.2) is 9.18 Å². The van der Waals surface area contributed by atoms with Gasteiger partial charge in [-0.3, -0.25) is 4.79 Å². The molecular weight excluding hydrogens is 377 g/mol. The van der Waals surface area contributed by atoms with Crippen molar-refractivity contribution in [2.24, 2.45) is 0 Å². The second-order valence-electron chi connectivity index (χ2n) is 5.24. The van der Waals surface area contributed by atoms with Crippen LogP contribution >= 0.6 is 15.9 Å². The molecule has 0 heterocycles. The average Bonchev–Trinajstić information content (AvgIpc) is 2.57. The van der Waals surface area contributed by atoms with Crippen molar-refractivity contribution in [2.75, 3.05) is 7.11 Å². The van der Waals surface area contributed by atoms with E-state index in [0.29, 0.717) is 12.0 Å². The van der Waals surface area contributed by atoms with E-state index in [4.69, 9.17) is 4.74 Å². The van der Waals surface area contributed by atoms with E-state index in [0.717, 1.165) is 10.0 Å². The fourth-order valence-electron chi connectivity index (χ4n) is 2.25. The topological polar surface area (TPSA) is 55.4 Å². The third-order valence-electron chi connectivity index (χ3n) is 3.48. The minimum atomic E-state index is -0.790. The fourth-order valence-corrected chi connectivity index (χ4v) is 2.70. The molecule has 1 atom stereocenters. The molecule has 0 saturated heterocycles. The van der Waals surface area contributed by atoms with Crippen LogP contribution < -0.4 is 5.32 Å². The Labute approximate surface area is 148 Å². The Morgan fingerprint density at radius 1 is 1.17 bits per heavy atom. The number of rotatable bonds is 6. The zero-order valence-electron chi connectivity index (χ0n) is 13.1. The molecule has 2 aromatic rings. The Morgan fingerprint density at radius 2 is 1.83 bits per heavy atom. The van der Waals surface area contributed by atoms with Gasteiger partial charge in [0.25, 0.3) is 0 Å². The van der Waals surface area contributed by atoms with E-state index in [1.165, 1.54) is 31.4 Å². The van der Waals surface area contributed by atoms with Gasteiger partial charge in [0.1, 0.15) is 11.9 Å². The first kappa shape index (κ1) is 18.1. The van der Waals surface area contributed by atoms with Crippen LogP contribution in [0.4, 0.5) is 4.39 Å². The molecule has 0 spiro atoms. The molecule has 24 heavy (non-hydrogen) atoms. The maximum Gasteiger partial charge on any atom is 0.328 e. The minimum absolute atomic E-state index is 0.0593. The van der Waals surface area contributed by atoms with Gasteiger partial charge in [0.15, 0.2) is 0 Å². The normalized spacial score (nSPS) is 11.6. The van der Waals surface area contributed by atoms with Gasteiger partial charge < -0.3 is 10.1 Å². The lowest BCUT2D eigenvalue weighted by atomic mass is 10.1. The number of methoxy groups -OCH3 is 1. The molecule has 0 fully saturated rings. The van der Waals surface area contributed by atoms with E-state index in [2.05, 4.69) is 21.2 Å². The van der Waals surface area contributed by atoms with Gasteiger partial charge in [0.2, 0.25) is 5.91 Å². The first-order valence-corrected chi connectivity index (χ1v) is 8.14. The van der Waals surface area contributed by atoms with Crippen molar-refractivity contribution < 1.29 is 18.7 Å². The summed E-state index contributed by atoms with van der Waals surface area (Å²) in [6, 6.07) is 12.3. The molecule has 0 aromatic heterocycles. The molecule has 0 aliphatic carbocycles. The summed E-state index contributed by atoms with van der Waals surface area (Å²) in [6.45, 7) is 0. The maximum atomic E-state index is 12.9. The van der Waals surface area contributed by atoms with Crippen molar-refractivity contribution in [1.29, 1.82) is 0 Å². The SMILES string of the molecule is COC(=O)[C@H](Cc1ccccc1Br)NC(=O)Cc1ccc(F)cc1. The van der Waals surface area contributed by atoms with Gasteiger partial charge in [-0.05, 0) is 29.3 Å². The van der Waals surface area contributed by atoms with Crippen LogP contribution in [-0.2, 0) is 27.2 Å². The van der Waals surface area contributed by atoms with E-state index in [1.54, 1.807) is 0 Å². The lowest BCUT2D eigenvalue weighted by molar-refractivity contribution is -0.145. The summed E-state index contributed by atoms with van der Waals surface area (Å²) >= 11 is 3.42. The smallest absolute Gasteiger partial charge is 0.328 e. The number of hydrogen-bond donors (Lipinski definition) is 1. The van der Waals surface area contributed by atoms with Crippen LogP contribution in [-0.4, -0.2) is 25.0 Å². The molecule has 6 heteroatoms. The van der Waals surface area contributed by atoms with Crippen molar-refractivity contribution in [3.8, 4) is 0 Å². The largest absolute Gasteiger partial charge is 0.467 e. The summed E-state index contributed by atoms with van der Waals surface area (Å²) in [4.78, 5) is 24.1. The van der Waals surface area contributed by atoms with Crippen LogP contribution in [0.2, 0.25) is 0 Å². The van der Waals surface area contributed by atoms with Crippen molar-refractivity contribution in [3.05, 3.63) is 69.9 Å². The van der Waals surface area contributed by atoms with Gasteiger partial charge >= 0.3 is 5.97 Å². The van der Waals surface area contributed by atoms with Crippen molar-refractivity contribution >= 4 is 27.8 Å².